The lowest BCUT2D eigenvalue weighted by molar-refractivity contribution is -0.136. The van der Waals surface area contributed by atoms with Crippen LogP contribution < -0.4 is 10.6 Å². The van der Waals surface area contributed by atoms with Crippen LogP contribution in [0.25, 0.3) is 0 Å². The molecule has 1 unspecified atom stereocenters. The summed E-state index contributed by atoms with van der Waals surface area (Å²) in [5.74, 6) is -2.22. The standard InChI is InChI=1S/C23H30N2O5S/c1-5-30-22(29)16-14-18(23(2,3)4)31-21(16)25-20(28)19(27)24-17(12-9-13-26)15-10-7-6-8-11-15/h6-8,10-11,14,17,26H,5,9,12-13H2,1-4H3,(H,24,27)(H,25,28). The highest BCUT2D eigenvalue weighted by molar-refractivity contribution is 7.17. The maximum atomic E-state index is 12.6. The maximum Gasteiger partial charge on any atom is 0.341 e. The summed E-state index contributed by atoms with van der Waals surface area (Å²) in [6.45, 7) is 7.89. The van der Waals surface area contributed by atoms with E-state index < -0.39 is 23.8 Å². The Bertz CT molecular complexity index is 902. The minimum absolute atomic E-state index is 0.0148. The quantitative estimate of drug-likeness (QED) is 0.423. The van der Waals surface area contributed by atoms with Crippen LogP contribution in [-0.4, -0.2) is 36.1 Å². The second-order valence-corrected chi connectivity index (χ2v) is 9.13. The fourth-order valence-corrected chi connectivity index (χ4v) is 4.00. The number of benzene rings is 1. The van der Waals surface area contributed by atoms with E-state index in [-0.39, 0.29) is 29.2 Å². The second-order valence-electron chi connectivity index (χ2n) is 8.08. The molecule has 0 aliphatic rings. The van der Waals surface area contributed by atoms with Crippen molar-refractivity contribution in [3.05, 3.63) is 52.4 Å². The predicted octanol–water partition coefficient (Wildman–Crippen LogP) is 3.79. The van der Waals surface area contributed by atoms with Crippen molar-refractivity contribution in [2.24, 2.45) is 0 Å². The van der Waals surface area contributed by atoms with E-state index in [0.717, 1.165) is 10.4 Å². The molecule has 0 spiro atoms. The number of anilines is 1. The molecule has 0 saturated carbocycles. The summed E-state index contributed by atoms with van der Waals surface area (Å²) >= 11 is 1.25. The molecule has 8 heteroatoms. The number of ether oxygens (including phenoxy) is 1. The smallest absolute Gasteiger partial charge is 0.341 e. The van der Waals surface area contributed by atoms with Crippen LogP contribution in [0.1, 0.15) is 67.4 Å². The zero-order chi connectivity index (χ0) is 23.0. The topological polar surface area (TPSA) is 105 Å². The number of hydrogen-bond acceptors (Lipinski definition) is 6. The van der Waals surface area contributed by atoms with Crippen molar-refractivity contribution in [3.8, 4) is 0 Å². The first-order valence-corrected chi connectivity index (χ1v) is 11.1. The van der Waals surface area contributed by atoms with Crippen LogP contribution in [0, 0.1) is 0 Å². The number of nitrogens with one attached hydrogen (secondary N) is 2. The molecular formula is C23H30N2O5S. The number of esters is 1. The predicted molar refractivity (Wildman–Crippen MR) is 121 cm³/mol. The molecule has 1 atom stereocenters. The number of amides is 2. The molecule has 2 aromatic rings. The van der Waals surface area contributed by atoms with Crippen molar-refractivity contribution in [2.45, 2.75) is 52.0 Å². The van der Waals surface area contributed by atoms with Crippen LogP contribution in [0.2, 0.25) is 0 Å². The number of rotatable bonds is 8. The maximum absolute atomic E-state index is 12.6. The van der Waals surface area contributed by atoms with Crippen molar-refractivity contribution in [1.29, 1.82) is 0 Å². The van der Waals surface area contributed by atoms with Crippen LogP contribution in [0.5, 0.6) is 0 Å². The zero-order valence-electron chi connectivity index (χ0n) is 18.4. The van der Waals surface area contributed by atoms with E-state index in [1.165, 1.54) is 11.3 Å². The number of carbonyl (C=O) groups is 3. The van der Waals surface area contributed by atoms with Crippen molar-refractivity contribution >= 4 is 34.1 Å². The van der Waals surface area contributed by atoms with Gasteiger partial charge in [0.1, 0.15) is 5.00 Å². The van der Waals surface area contributed by atoms with Crippen LogP contribution in [0.15, 0.2) is 36.4 Å². The summed E-state index contributed by atoms with van der Waals surface area (Å²) < 4.78 is 5.10. The lowest BCUT2D eigenvalue weighted by Crippen LogP contribution is -2.38. The molecule has 0 saturated heterocycles. The molecule has 1 aromatic heterocycles. The van der Waals surface area contributed by atoms with Gasteiger partial charge in [-0.2, -0.15) is 0 Å². The van der Waals surface area contributed by atoms with Gasteiger partial charge in [0.15, 0.2) is 0 Å². The Hall–Kier alpha value is -2.71. The van der Waals surface area contributed by atoms with Crippen LogP contribution in [0.3, 0.4) is 0 Å². The summed E-state index contributed by atoms with van der Waals surface area (Å²) in [5, 5.41) is 14.7. The first-order chi connectivity index (χ1) is 14.7. The van der Waals surface area contributed by atoms with Gasteiger partial charge in [-0.15, -0.1) is 11.3 Å². The van der Waals surface area contributed by atoms with E-state index in [0.29, 0.717) is 12.8 Å². The van der Waals surface area contributed by atoms with Gasteiger partial charge in [0.05, 0.1) is 18.2 Å². The molecule has 0 radical (unpaired) electrons. The molecule has 1 aromatic carbocycles. The lowest BCUT2D eigenvalue weighted by Gasteiger charge is -2.18. The molecule has 2 rings (SSSR count). The largest absolute Gasteiger partial charge is 0.462 e. The van der Waals surface area contributed by atoms with Gasteiger partial charge in [0.25, 0.3) is 0 Å². The first kappa shape index (κ1) is 24.6. The van der Waals surface area contributed by atoms with E-state index in [2.05, 4.69) is 10.6 Å². The SMILES string of the molecule is CCOC(=O)c1cc(C(C)(C)C)sc1NC(=O)C(=O)NC(CCCO)c1ccccc1. The molecule has 2 amide bonds. The summed E-state index contributed by atoms with van der Waals surface area (Å²) in [4.78, 5) is 38.5. The Labute approximate surface area is 186 Å². The van der Waals surface area contributed by atoms with Crippen molar-refractivity contribution in [3.63, 3.8) is 0 Å². The molecule has 0 bridgehead atoms. The Morgan fingerprint density at radius 3 is 2.39 bits per heavy atom. The zero-order valence-corrected chi connectivity index (χ0v) is 19.2. The van der Waals surface area contributed by atoms with Crippen molar-refractivity contribution in [1.82, 2.24) is 5.32 Å². The summed E-state index contributed by atoms with van der Waals surface area (Å²) in [6, 6.07) is 10.6. The average Bonchev–Trinajstić information content (AvgIpc) is 3.16. The van der Waals surface area contributed by atoms with Gasteiger partial charge >= 0.3 is 17.8 Å². The highest BCUT2D eigenvalue weighted by Gasteiger charge is 2.27. The Balaban J connectivity index is 2.20. The van der Waals surface area contributed by atoms with Gasteiger partial charge < -0.3 is 20.5 Å². The number of thiophene rings is 1. The van der Waals surface area contributed by atoms with Gasteiger partial charge in [-0.3, -0.25) is 9.59 Å². The molecule has 31 heavy (non-hydrogen) atoms. The lowest BCUT2D eigenvalue weighted by atomic mass is 9.94. The van der Waals surface area contributed by atoms with Crippen LogP contribution in [-0.2, 0) is 19.7 Å². The molecule has 0 aliphatic heterocycles. The molecule has 7 nitrogen and oxygen atoms in total. The molecule has 0 aliphatic carbocycles. The van der Waals surface area contributed by atoms with Crippen LogP contribution in [0.4, 0.5) is 5.00 Å². The van der Waals surface area contributed by atoms with Gasteiger partial charge in [-0.25, -0.2) is 4.79 Å². The van der Waals surface area contributed by atoms with Gasteiger partial charge in [-0.1, -0.05) is 51.1 Å². The summed E-state index contributed by atoms with van der Waals surface area (Å²) in [7, 11) is 0. The normalized spacial score (nSPS) is 12.2. The molecular weight excluding hydrogens is 416 g/mol. The molecule has 168 valence electrons. The average molecular weight is 447 g/mol. The monoisotopic (exact) mass is 446 g/mol. The molecule has 3 N–H and O–H groups in total. The van der Waals surface area contributed by atoms with E-state index in [9.17, 15) is 14.4 Å². The number of aliphatic hydroxyl groups is 1. The van der Waals surface area contributed by atoms with E-state index >= 15 is 0 Å². The second kappa shape index (κ2) is 11.1. The van der Waals surface area contributed by atoms with E-state index in [1.54, 1.807) is 13.0 Å². The summed E-state index contributed by atoms with van der Waals surface area (Å²) in [5.41, 5.74) is 0.841. The fourth-order valence-electron chi connectivity index (χ4n) is 2.90. The fraction of sp³-hybridized carbons (Fsp3) is 0.435. The summed E-state index contributed by atoms with van der Waals surface area (Å²) in [6.07, 6.45) is 0.967. The van der Waals surface area contributed by atoms with Gasteiger partial charge in [0.2, 0.25) is 0 Å². The van der Waals surface area contributed by atoms with E-state index in [4.69, 9.17) is 9.84 Å². The third kappa shape index (κ3) is 6.90. The van der Waals surface area contributed by atoms with Crippen molar-refractivity contribution in [2.75, 3.05) is 18.5 Å². The Morgan fingerprint density at radius 2 is 1.81 bits per heavy atom. The number of aliphatic hydroxyl groups excluding tert-OH is 1. The Morgan fingerprint density at radius 1 is 1.13 bits per heavy atom. The number of carbonyl (C=O) groups excluding carboxylic acids is 3. The van der Waals surface area contributed by atoms with Gasteiger partial charge in [-0.05, 0) is 36.8 Å². The Kier molecular flexibility index (Phi) is 8.76. The van der Waals surface area contributed by atoms with Gasteiger partial charge in [0, 0.05) is 11.5 Å². The minimum Gasteiger partial charge on any atom is -0.462 e. The third-order valence-electron chi connectivity index (χ3n) is 4.56. The third-order valence-corrected chi connectivity index (χ3v) is 6.03. The van der Waals surface area contributed by atoms with Crippen LogP contribution >= 0.6 is 11.3 Å². The highest BCUT2D eigenvalue weighted by Crippen LogP contribution is 2.36. The minimum atomic E-state index is -0.863. The van der Waals surface area contributed by atoms with Crippen molar-refractivity contribution < 1.29 is 24.2 Å². The number of hydrogen-bond donors (Lipinski definition) is 3. The molecule has 0 fully saturated rings. The van der Waals surface area contributed by atoms with E-state index in [1.807, 2.05) is 51.1 Å². The highest BCUT2D eigenvalue weighted by atomic mass is 32.1. The molecule has 1 heterocycles. The first-order valence-electron chi connectivity index (χ1n) is 10.3.